The van der Waals surface area contributed by atoms with Crippen LogP contribution in [0.4, 0.5) is 0 Å². The van der Waals surface area contributed by atoms with E-state index in [4.69, 9.17) is 0 Å². The van der Waals surface area contributed by atoms with Gasteiger partial charge in [-0.1, -0.05) is 186 Å². The molecule has 0 aliphatic carbocycles. The SMILES string of the molecule is C=CCCCCCCCCCCCCCCCCCC=CCCCCCCCCCCCCC(C)CC. The molecule has 0 saturated heterocycles. The Morgan fingerprint density at radius 3 is 0.973 bits per heavy atom. The first kappa shape index (κ1) is 36.5. The molecular weight excluding hydrogens is 444 g/mol. The molecule has 0 nitrogen and oxygen atoms in total. The van der Waals surface area contributed by atoms with E-state index in [2.05, 4.69) is 38.7 Å². The van der Waals surface area contributed by atoms with Gasteiger partial charge in [-0.15, -0.1) is 6.58 Å². The second-order valence-corrected chi connectivity index (χ2v) is 12.3. The summed E-state index contributed by atoms with van der Waals surface area (Å²) in [6.45, 7) is 8.52. The van der Waals surface area contributed by atoms with E-state index in [0.717, 1.165) is 5.92 Å². The third kappa shape index (κ3) is 33.5. The zero-order chi connectivity index (χ0) is 26.9. The molecule has 0 radical (unpaired) electrons. The number of unbranched alkanes of at least 4 members (excludes halogenated alkanes) is 26. The molecule has 1 unspecified atom stereocenters. The van der Waals surface area contributed by atoms with Gasteiger partial charge in [0.25, 0.3) is 0 Å². The second-order valence-electron chi connectivity index (χ2n) is 12.3. The lowest BCUT2D eigenvalue weighted by Gasteiger charge is -2.07. The largest absolute Gasteiger partial charge is 0.103 e. The van der Waals surface area contributed by atoms with Crippen LogP contribution in [0, 0.1) is 5.92 Å². The molecule has 0 fully saturated rings. The van der Waals surface area contributed by atoms with Crippen LogP contribution in [0.5, 0.6) is 0 Å². The number of hydrogen-bond donors (Lipinski definition) is 0. The van der Waals surface area contributed by atoms with Crippen molar-refractivity contribution in [2.75, 3.05) is 0 Å². The van der Waals surface area contributed by atoms with Crippen molar-refractivity contribution < 1.29 is 0 Å². The first-order valence-electron chi connectivity index (χ1n) is 17.6. The number of rotatable bonds is 32. The van der Waals surface area contributed by atoms with Gasteiger partial charge >= 0.3 is 0 Å². The summed E-state index contributed by atoms with van der Waals surface area (Å²) in [7, 11) is 0. The molecule has 220 valence electrons. The molecule has 0 heterocycles. The van der Waals surface area contributed by atoms with Gasteiger partial charge in [0.05, 0.1) is 0 Å². The molecule has 0 aliphatic rings. The Hall–Kier alpha value is -0.520. The van der Waals surface area contributed by atoms with Gasteiger partial charge in [0, 0.05) is 0 Å². The Bertz CT molecular complexity index is 433. The minimum Gasteiger partial charge on any atom is -0.103 e. The summed E-state index contributed by atoms with van der Waals surface area (Å²) in [5, 5.41) is 0. The predicted octanol–water partition coefficient (Wildman–Crippen LogP) is 14.1. The van der Waals surface area contributed by atoms with E-state index in [1.54, 1.807) is 0 Å². The minimum atomic E-state index is 0.942. The number of hydrogen-bond acceptors (Lipinski definition) is 0. The van der Waals surface area contributed by atoms with Crippen LogP contribution in [0.2, 0.25) is 0 Å². The molecular formula is C37H72. The summed E-state index contributed by atoms with van der Waals surface area (Å²) >= 11 is 0. The molecule has 0 aromatic rings. The Balaban J connectivity index is 3.10. The maximum Gasteiger partial charge on any atom is -0.0351 e. The van der Waals surface area contributed by atoms with Crippen LogP contribution >= 0.6 is 0 Å². The van der Waals surface area contributed by atoms with Crippen LogP contribution in [0.3, 0.4) is 0 Å². The normalized spacial score (nSPS) is 12.5. The smallest absolute Gasteiger partial charge is 0.0351 e. The maximum atomic E-state index is 3.80. The Labute approximate surface area is 236 Å². The third-order valence-corrected chi connectivity index (χ3v) is 8.46. The summed E-state index contributed by atoms with van der Waals surface area (Å²) < 4.78 is 0. The van der Waals surface area contributed by atoms with E-state index in [0.29, 0.717) is 0 Å². The van der Waals surface area contributed by atoms with Gasteiger partial charge < -0.3 is 0 Å². The topological polar surface area (TPSA) is 0 Å². The average molecular weight is 517 g/mol. The summed E-state index contributed by atoms with van der Waals surface area (Å²) in [4.78, 5) is 0. The minimum absolute atomic E-state index is 0.942. The molecule has 0 aromatic carbocycles. The van der Waals surface area contributed by atoms with E-state index in [1.165, 1.54) is 193 Å². The fourth-order valence-corrected chi connectivity index (χ4v) is 5.46. The van der Waals surface area contributed by atoms with Crippen LogP contribution < -0.4 is 0 Å². The summed E-state index contributed by atoms with van der Waals surface area (Å²) in [6, 6.07) is 0. The molecule has 0 aromatic heterocycles. The fraction of sp³-hybridized carbons (Fsp3) is 0.892. The molecule has 0 saturated carbocycles. The molecule has 37 heavy (non-hydrogen) atoms. The van der Waals surface area contributed by atoms with Crippen molar-refractivity contribution in [3.63, 3.8) is 0 Å². The van der Waals surface area contributed by atoms with Gasteiger partial charge in [0.2, 0.25) is 0 Å². The van der Waals surface area contributed by atoms with Gasteiger partial charge in [-0.25, -0.2) is 0 Å². The summed E-state index contributed by atoms with van der Waals surface area (Å²) in [5.41, 5.74) is 0. The predicted molar refractivity (Wildman–Crippen MR) is 173 cm³/mol. The lowest BCUT2D eigenvalue weighted by atomic mass is 9.99. The van der Waals surface area contributed by atoms with Gasteiger partial charge in [-0.2, -0.15) is 0 Å². The van der Waals surface area contributed by atoms with Crippen molar-refractivity contribution >= 4 is 0 Å². The highest BCUT2D eigenvalue weighted by molar-refractivity contribution is 4.81. The molecule has 0 spiro atoms. The maximum absolute atomic E-state index is 3.80. The highest BCUT2D eigenvalue weighted by Gasteiger charge is 1.98. The molecule has 1 atom stereocenters. The standard InChI is InChI=1S/C37H72/c1-4-6-7-8-9-10-11-12-13-14-15-16-17-18-19-20-21-22-23-24-25-26-27-28-29-30-31-32-33-34-35-36-37(3)5-2/h4,23-24,37H,1,5-22,25-36H2,2-3H3. The first-order valence-corrected chi connectivity index (χ1v) is 17.6. The van der Waals surface area contributed by atoms with Crippen LogP contribution in [-0.4, -0.2) is 0 Å². The van der Waals surface area contributed by atoms with Crippen LogP contribution in [-0.2, 0) is 0 Å². The highest BCUT2D eigenvalue weighted by Crippen LogP contribution is 2.16. The van der Waals surface area contributed by atoms with E-state index in [1.807, 2.05) is 0 Å². The highest BCUT2D eigenvalue weighted by atomic mass is 14.0. The van der Waals surface area contributed by atoms with Crippen molar-refractivity contribution in [3.8, 4) is 0 Å². The zero-order valence-electron chi connectivity index (χ0n) is 26.2. The quantitative estimate of drug-likeness (QED) is 0.0616. The van der Waals surface area contributed by atoms with Crippen LogP contribution in [0.15, 0.2) is 24.8 Å². The van der Waals surface area contributed by atoms with Crippen LogP contribution in [0.25, 0.3) is 0 Å². The fourth-order valence-electron chi connectivity index (χ4n) is 5.46. The lowest BCUT2D eigenvalue weighted by molar-refractivity contribution is 0.469. The van der Waals surface area contributed by atoms with Crippen molar-refractivity contribution in [2.24, 2.45) is 5.92 Å². The van der Waals surface area contributed by atoms with E-state index in [9.17, 15) is 0 Å². The molecule has 0 bridgehead atoms. The van der Waals surface area contributed by atoms with Crippen molar-refractivity contribution in [1.82, 2.24) is 0 Å². The molecule has 0 N–H and O–H groups in total. The van der Waals surface area contributed by atoms with Gasteiger partial charge in [0.1, 0.15) is 0 Å². The summed E-state index contributed by atoms with van der Waals surface area (Å²) in [5.74, 6) is 0.942. The van der Waals surface area contributed by atoms with Crippen molar-refractivity contribution in [2.45, 2.75) is 206 Å². The number of allylic oxidation sites excluding steroid dienone is 3. The van der Waals surface area contributed by atoms with E-state index < -0.39 is 0 Å². The van der Waals surface area contributed by atoms with Crippen molar-refractivity contribution in [1.29, 1.82) is 0 Å². The summed E-state index contributed by atoms with van der Waals surface area (Å²) in [6.07, 6.45) is 49.9. The van der Waals surface area contributed by atoms with Gasteiger partial charge in [0.15, 0.2) is 0 Å². The van der Waals surface area contributed by atoms with Gasteiger partial charge in [-0.3, -0.25) is 0 Å². The Morgan fingerprint density at radius 1 is 0.405 bits per heavy atom. The first-order chi connectivity index (χ1) is 18.3. The molecule has 0 rings (SSSR count). The lowest BCUT2D eigenvalue weighted by Crippen LogP contribution is -1.91. The van der Waals surface area contributed by atoms with E-state index in [-0.39, 0.29) is 0 Å². The zero-order valence-corrected chi connectivity index (χ0v) is 26.2. The van der Waals surface area contributed by atoms with Crippen LogP contribution in [0.1, 0.15) is 206 Å². The monoisotopic (exact) mass is 517 g/mol. The second kappa shape index (κ2) is 33.5. The molecule has 0 amide bonds. The van der Waals surface area contributed by atoms with E-state index >= 15 is 0 Å². The van der Waals surface area contributed by atoms with Crippen molar-refractivity contribution in [3.05, 3.63) is 24.8 Å². The Kier molecular flexibility index (Phi) is 33.0. The molecule has 0 heteroatoms. The average Bonchev–Trinajstić information content (AvgIpc) is 2.91. The molecule has 0 aliphatic heterocycles. The Morgan fingerprint density at radius 2 is 0.676 bits per heavy atom. The third-order valence-electron chi connectivity index (χ3n) is 8.46. The van der Waals surface area contributed by atoms with Gasteiger partial charge in [-0.05, 0) is 44.4 Å².